The Morgan fingerprint density at radius 2 is 1.57 bits per heavy atom. The Balaban J connectivity index is 2.57. The molecule has 2 rings (SSSR count). The van der Waals surface area contributed by atoms with Crippen LogP contribution >= 0.6 is 0 Å². The molecule has 2 aromatic carbocycles. The number of nitrogens with one attached hydrogen (secondary N) is 2. The van der Waals surface area contributed by atoms with Crippen LogP contribution in [0.1, 0.15) is 94.5 Å². The third-order valence-corrected chi connectivity index (χ3v) is 7.22. The Labute approximate surface area is 263 Å². The number of carbonyl (C=O) groups is 4. The van der Waals surface area contributed by atoms with E-state index in [9.17, 15) is 19.2 Å². The molecule has 2 aromatic rings. The number of esters is 1. The van der Waals surface area contributed by atoms with Crippen molar-refractivity contribution in [2.45, 2.75) is 104 Å². The predicted octanol–water partition coefficient (Wildman–Crippen LogP) is 5.96. The molecule has 0 fully saturated rings. The van der Waals surface area contributed by atoms with Gasteiger partial charge >= 0.3 is 12.1 Å². The molecular weight excluding hydrogens is 558 g/mol. The van der Waals surface area contributed by atoms with E-state index in [1.54, 1.807) is 25.7 Å². The number of nitrogens with zero attached hydrogens (tertiary/aromatic N) is 1. The summed E-state index contributed by atoms with van der Waals surface area (Å²) in [6.07, 6.45) is 5.42. The van der Waals surface area contributed by atoms with Gasteiger partial charge in [0.25, 0.3) is 0 Å². The summed E-state index contributed by atoms with van der Waals surface area (Å²) in [7, 11) is 1.25. The molecule has 2 N–H and O–H groups in total. The lowest BCUT2D eigenvalue weighted by molar-refractivity contribution is -0.144. The van der Waals surface area contributed by atoms with Crippen molar-refractivity contribution in [1.82, 2.24) is 15.5 Å². The number of amides is 3. The van der Waals surface area contributed by atoms with Gasteiger partial charge in [-0.3, -0.25) is 14.4 Å². The number of aryl methyl sites for hydroxylation is 2. The molecule has 9 nitrogen and oxygen atoms in total. The van der Waals surface area contributed by atoms with Gasteiger partial charge < -0.3 is 25.0 Å². The van der Waals surface area contributed by atoms with Gasteiger partial charge in [-0.1, -0.05) is 93.1 Å². The van der Waals surface area contributed by atoms with Gasteiger partial charge in [-0.05, 0) is 57.7 Å². The Bertz CT molecular complexity index is 1220. The van der Waals surface area contributed by atoms with Gasteiger partial charge in [-0.25, -0.2) is 4.79 Å². The van der Waals surface area contributed by atoms with Gasteiger partial charge in [0.2, 0.25) is 11.8 Å². The SMILES string of the molecule is CCCCCCCCN(C(=O)C(Cc1ccccc1)NC(=O)OC(C)(C)C)C(C(=O)NCC(=O)OC)c1ccc(C)cc1C. The number of benzene rings is 2. The molecule has 3 amide bonds. The van der Waals surface area contributed by atoms with Gasteiger partial charge in [0.15, 0.2) is 0 Å². The number of carbonyl (C=O) groups excluding carboxylic acids is 4. The molecule has 0 radical (unpaired) electrons. The molecule has 44 heavy (non-hydrogen) atoms. The standard InChI is InChI=1S/C35H51N3O6/c1-8-9-10-11-12-16-21-38(31(32(40)36-24-30(39)43-7)28-20-19-25(2)22-26(28)3)33(41)29(23-27-17-14-13-15-18-27)37-34(42)44-35(4,5)6/h13-15,17-20,22,29,31H,8-12,16,21,23-24H2,1-7H3,(H,36,40)(H,37,42). The molecule has 0 saturated heterocycles. The normalized spacial score (nSPS) is 12.5. The maximum Gasteiger partial charge on any atom is 0.408 e. The minimum absolute atomic E-state index is 0.204. The molecule has 0 saturated carbocycles. The van der Waals surface area contributed by atoms with Crippen molar-refractivity contribution >= 4 is 23.9 Å². The zero-order valence-electron chi connectivity index (χ0n) is 27.5. The first kappa shape index (κ1) is 36.3. The van der Waals surface area contributed by atoms with E-state index in [1.165, 1.54) is 7.11 Å². The predicted molar refractivity (Wildman–Crippen MR) is 172 cm³/mol. The molecule has 242 valence electrons. The zero-order chi connectivity index (χ0) is 32.7. The summed E-state index contributed by atoms with van der Waals surface area (Å²) in [5.41, 5.74) is 2.58. The van der Waals surface area contributed by atoms with Crippen molar-refractivity contribution in [2.75, 3.05) is 20.2 Å². The average Bonchev–Trinajstić information content (AvgIpc) is 2.96. The minimum atomic E-state index is -1.04. The summed E-state index contributed by atoms with van der Waals surface area (Å²) in [4.78, 5) is 55.0. The number of unbranched alkanes of at least 4 members (excludes halogenated alkanes) is 5. The number of methoxy groups -OCH3 is 1. The fourth-order valence-corrected chi connectivity index (χ4v) is 5.04. The van der Waals surface area contributed by atoms with Gasteiger partial charge in [0.1, 0.15) is 24.2 Å². The van der Waals surface area contributed by atoms with E-state index >= 15 is 0 Å². The highest BCUT2D eigenvalue weighted by atomic mass is 16.6. The maximum absolute atomic E-state index is 14.6. The molecule has 2 unspecified atom stereocenters. The summed E-state index contributed by atoms with van der Waals surface area (Å²) in [5, 5.41) is 5.46. The molecule has 0 aliphatic rings. The van der Waals surface area contributed by atoms with Crippen molar-refractivity contribution in [2.24, 2.45) is 0 Å². The van der Waals surface area contributed by atoms with E-state index in [4.69, 9.17) is 9.47 Å². The average molecular weight is 610 g/mol. The summed E-state index contributed by atoms with van der Waals surface area (Å²) in [5.74, 6) is -1.51. The summed E-state index contributed by atoms with van der Waals surface area (Å²) >= 11 is 0. The molecule has 2 atom stereocenters. The fourth-order valence-electron chi connectivity index (χ4n) is 5.04. The van der Waals surface area contributed by atoms with Crippen LogP contribution in [0.25, 0.3) is 0 Å². The van der Waals surface area contributed by atoms with E-state index < -0.39 is 41.6 Å². The number of alkyl carbamates (subject to hydrolysis) is 1. The topological polar surface area (TPSA) is 114 Å². The lowest BCUT2D eigenvalue weighted by Gasteiger charge is -2.35. The molecular formula is C35H51N3O6. The summed E-state index contributed by atoms with van der Waals surface area (Å²) in [6, 6.07) is 13.1. The van der Waals surface area contributed by atoms with Crippen molar-refractivity contribution in [3.63, 3.8) is 0 Å². The zero-order valence-corrected chi connectivity index (χ0v) is 27.5. The van der Waals surface area contributed by atoms with E-state index in [0.717, 1.165) is 48.8 Å². The highest BCUT2D eigenvalue weighted by molar-refractivity contribution is 5.93. The van der Waals surface area contributed by atoms with Crippen molar-refractivity contribution in [3.05, 3.63) is 70.8 Å². The largest absolute Gasteiger partial charge is 0.468 e. The van der Waals surface area contributed by atoms with Gasteiger partial charge in [0.05, 0.1) is 7.11 Å². The smallest absolute Gasteiger partial charge is 0.408 e. The minimum Gasteiger partial charge on any atom is -0.468 e. The number of hydrogen-bond donors (Lipinski definition) is 2. The summed E-state index contributed by atoms with van der Waals surface area (Å²) < 4.78 is 10.3. The van der Waals surface area contributed by atoms with Crippen molar-refractivity contribution < 1.29 is 28.7 Å². The van der Waals surface area contributed by atoms with Crippen LogP contribution in [0.4, 0.5) is 4.79 Å². The van der Waals surface area contributed by atoms with Crippen LogP contribution in [-0.2, 0) is 30.3 Å². The quantitative estimate of drug-likeness (QED) is 0.179. The third kappa shape index (κ3) is 12.4. The van der Waals surface area contributed by atoms with Gasteiger partial charge in [-0.2, -0.15) is 0 Å². The fraction of sp³-hybridized carbons (Fsp3) is 0.543. The second kappa shape index (κ2) is 18.0. The Morgan fingerprint density at radius 3 is 2.18 bits per heavy atom. The maximum atomic E-state index is 14.6. The first-order valence-corrected chi connectivity index (χ1v) is 15.6. The first-order valence-electron chi connectivity index (χ1n) is 15.6. The van der Waals surface area contributed by atoms with Crippen LogP contribution in [0.2, 0.25) is 0 Å². The Kier molecular flexibility index (Phi) is 14.9. The second-order valence-electron chi connectivity index (χ2n) is 12.2. The van der Waals surface area contributed by atoms with Crippen LogP contribution in [0, 0.1) is 13.8 Å². The van der Waals surface area contributed by atoms with E-state index in [2.05, 4.69) is 17.6 Å². The van der Waals surface area contributed by atoms with E-state index in [0.29, 0.717) is 12.0 Å². The van der Waals surface area contributed by atoms with Crippen LogP contribution in [0.3, 0.4) is 0 Å². The number of rotatable bonds is 16. The lowest BCUT2D eigenvalue weighted by Crippen LogP contribution is -2.54. The van der Waals surface area contributed by atoms with Gasteiger partial charge in [0, 0.05) is 13.0 Å². The summed E-state index contributed by atoms with van der Waals surface area (Å²) in [6.45, 7) is 11.2. The third-order valence-electron chi connectivity index (χ3n) is 7.22. The van der Waals surface area contributed by atoms with E-state index in [-0.39, 0.29) is 19.5 Å². The lowest BCUT2D eigenvalue weighted by atomic mass is 9.95. The molecule has 9 heteroatoms. The van der Waals surface area contributed by atoms with E-state index in [1.807, 2.05) is 62.4 Å². The molecule has 0 spiro atoms. The monoisotopic (exact) mass is 609 g/mol. The Hall–Kier alpha value is -3.88. The molecule has 0 aliphatic carbocycles. The molecule has 0 aliphatic heterocycles. The molecule has 0 heterocycles. The van der Waals surface area contributed by atoms with Crippen molar-refractivity contribution in [3.8, 4) is 0 Å². The highest BCUT2D eigenvalue weighted by Gasteiger charge is 2.37. The van der Waals surface area contributed by atoms with Crippen LogP contribution in [0.15, 0.2) is 48.5 Å². The first-order chi connectivity index (χ1) is 20.9. The number of hydrogen-bond acceptors (Lipinski definition) is 6. The molecule has 0 aromatic heterocycles. The van der Waals surface area contributed by atoms with Crippen LogP contribution in [-0.4, -0.2) is 60.6 Å². The second-order valence-corrected chi connectivity index (χ2v) is 12.2. The van der Waals surface area contributed by atoms with Crippen molar-refractivity contribution in [1.29, 1.82) is 0 Å². The highest BCUT2D eigenvalue weighted by Crippen LogP contribution is 2.28. The molecule has 0 bridgehead atoms. The Morgan fingerprint density at radius 1 is 0.909 bits per heavy atom. The number of ether oxygens (including phenoxy) is 2. The van der Waals surface area contributed by atoms with Crippen LogP contribution < -0.4 is 10.6 Å². The van der Waals surface area contributed by atoms with Crippen LogP contribution in [0.5, 0.6) is 0 Å². The van der Waals surface area contributed by atoms with Gasteiger partial charge in [-0.15, -0.1) is 0 Å².